The van der Waals surface area contributed by atoms with Crippen molar-refractivity contribution in [3.8, 4) is 6.07 Å². The first-order valence-corrected chi connectivity index (χ1v) is 5.86. The highest BCUT2D eigenvalue weighted by Crippen LogP contribution is 2.42. The van der Waals surface area contributed by atoms with E-state index in [2.05, 4.69) is 4.98 Å². The number of anilines is 1. The summed E-state index contributed by atoms with van der Waals surface area (Å²) >= 11 is 0. The first-order valence-electron chi connectivity index (χ1n) is 5.86. The summed E-state index contributed by atoms with van der Waals surface area (Å²) in [7, 11) is 0. The minimum absolute atomic E-state index is 0.400. The Labute approximate surface area is 117 Å². The summed E-state index contributed by atoms with van der Waals surface area (Å²) in [4.78, 5) is 15.0. The predicted molar refractivity (Wildman–Crippen MR) is 65.0 cm³/mol. The fourth-order valence-corrected chi connectivity index (χ4v) is 2.27. The quantitative estimate of drug-likeness (QED) is 0.473. The Morgan fingerprint density at radius 1 is 1.71 bits per heavy atom. The van der Waals surface area contributed by atoms with Crippen molar-refractivity contribution in [1.82, 2.24) is 9.55 Å². The third kappa shape index (κ3) is 1.90. The van der Waals surface area contributed by atoms with Gasteiger partial charge in [-0.05, 0) is 6.92 Å². The van der Waals surface area contributed by atoms with Crippen molar-refractivity contribution in [2.24, 2.45) is 0 Å². The highest BCUT2D eigenvalue weighted by Gasteiger charge is 2.65. The molecule has 2 rings (SSSR count). The number of nitriles is 1. The standard InChI is InChI=1S/C11H13FN4O5/c1-10(20)7(18)6(3-17)21-11(10,4-13)16-2-5(12)8(14)15-9(16)19/h2,6-7,17-18,20H,3H2,1H3,(H2,14,15,19)/t6-,7-,10-,11-/m1/s1. The van der Waals surface area contributed by atoms with Gasteiger partial charge in [-0.25, -0.2) is 9.18 Å². The average molecular weight is 300 g/mol. The molecule has 0 amide bonds. The molecule has 0 bridgehead atoms. The van der Waals surface area contributed by atoms with E-state index in [1.165, 1.54) is 6.07 Å². The molecule has 1 saturated heterocycles. The van der Waals surface area contributed by atoms with Gasteiger partial charge in [0, 0.05) is 0 Å². The molecule has 0 unspecified atom stereocenters. The summed E-state index contributed by atoms with van der Waals surface area (Å²) in [6.45, 7) is 0.303. The van der Waals surface area contributed by atoms with E-state index >= 15 is 0 Å². The molecule has 0 saturated carbocycles. The molecule has 1 fully saturated rings. The van der Waals surface area contributed by atoms with Crippen molar-refractivity contribution in [3.63, 3.8) is 0 Å². The van der Waals surface area contributed by atoms with Crippen LogP contribution in [0.3, 0.4) is 0 Å². The number of ether oxygens (including phenoxy) is 1. The van der Waals surface area contributed by atoms with E-state index in [4.69, 9.17) is 15.6 Å². The van der Waals surface area contributed by atoms with Gasteiger partial charge >= 0.3 is 5.69 Å². The zero-order chi connectivity index (χ0) is 16.0. The molecule has 4 atom stereocenters. The fourth-order valence-electron chi connectivity index (χ4n) is 2.27. The van der Waals surface area contributed by atoms with Gasteiger partial charge in [-0.2, -0.15) is 10.2 Å². The van der Waals surface area contributed by atoms with Crippen molar-refractivity contribution in [2.75, 3.05) is 12.3 Å². The van der Waals surface area contributed by atoms with Crippen molar-refractivity contribution in [1.29, 1.82) is 5.26 Å². The van der Waals surface area contributed by atoms with Gasteiger partial charge in [0.25, 0.3) is 5.72 Å². The van der Waals surface area contributed by atoms with E-state index in [1.54, 1.807) is 0 Å². The van der Waals surface area contributed by atoms with Crippen LogP contribution >= 0.6 is 0 Å². The molecular formula is C11H13FN4O5. The molecule has 0 radical (unpaired) electrons. The van der Waals surface area contributed by atoms with E-state index < -0.39 is 47.5 Å². The molecule has 5 N–H and O–H groups in total. The maximum atomic E-state index is 13.5. The summed E-state index contributed by atoms with van der Waals surface area (Å²) in [6, 6.07) is 1.54. The number of aliphatic hydroxyl groups excluding tert-OH is 2. The Balaban J connectivity index is 2.72. The maximum Gasteiger partial charge on any atom is 0.352 e. The number of nitrogens with zero attached hydrogens (tertiary/aromatic N) is 3. The van der Waals surface area contributed by atoms with Crippen LogP contribution in [0.4, 0.5) is 10.2 Å². The zero-order valence-corrected chi connectivity index (χ0v) is 10.9. The van der Waals surface area contributed by atoms with Gasteiger partial charge in [0.1, 0.15) is 18.3 Å². The normalized spacial score (nSPS) is 35.6. The summed E-state index contributed by atoms with van der Waals surface area (Å²) in [5, 5.41) is 38.7. The second-order valence-corrected chi connectivity index (χ2v) is 4.81. The summed E-state index contributed by atoms with van der Waals surface area (Å²) in [5.41, 5.74) is -0.768. The van der Waals surface area contributed by atoms with Gasteiger partial charge in [0.15, 0.2) is 17.2 Å². The van der Waals surface area contributed by atoms with Crippen LogP contribution in [0.1, 0.15) is 6.92 Å². The number of nitrogens with two attached hydrogens (primary N) is 1. The molecule has 10 heteroatoms. The van der Waals surface area contributed by atoms with Crippen LogP contribution in [-0.2, 0) is 10.5 Å². The smallest absolute Gasteiger partial charge is 0.352 e. The van der Waals surface area contributed by atoms with Crippen LogP contribution in [0.2, 0.25) is 0 Å². The molecule has 0 aliphatic carbocycles. The van der Waals surface area contributed by atoms with Crippen molar-refractivity contribution in [2.45, 2.75) is 30.5 Å². The average Bonchev–Trinajstić information content (AvgIpc) is 2.63. The monoisotopic (exact) mass is 300 g/mol. The zero-order valence-electron chi connectivity index (χ0n) is 10.9. The van der Waals surface area contributed by atoms with Gasteiger partial charge in [-0.15, -0.1) is 0 Å². The second-order valence-electron chi connectivity index (χ2n) is 4.81. The Morgan fingerprint density at radius 2 is 2.33 bits per heavy atom. The minimum atomic E-state index is -2.46. The van der Waals surface area contributed by atoms with Crippen LogP contribution in [0.15, 0.2) is 11.0 Å². The molecule has 0 aromatic carbocycles. The number of nitrogen functional groups attached to an aromatic ring is 1. The number of rotatable bonds is 2. The van der Waals surface area contributed by atoms with Crippen LogP contribution < -0.4 is 11.4 Å². The Bertz CT molecular complexity index is 670. The van der Waals surface area contributed by atoms with Gasteiger partial charge < -0.3 is 25.8 Å². The van der Waals surface area contributed by atoms with E-state index in [0.717, 1.165) is 6.92 Å². The van der Waals surface area contributed by atoms with Gasteiger partial charge in [-0.1, -0.05) is 0 Å². The van der Waals surface area contributed by atoms with E-state index in [1.807, 2.05) is 0 Å². The molecule has 1 aromatic rings. The predicted octanol–water partition coefficient (Wildman–Crippen LogP) is -2.36. The molecule has 114 valence electrons. The third-order valence-corrected chi connectivity index (χ3v) is 3.52. The van der Waals surface area contributed by atoms with Crippen molar-refractivity contribution >= 4 is 5.82 Å². The molecule has 9 nitrogen and oxygen atoms in total. The van der Waals surface area contributed by atoms with Crippen LogP contribution in [0.5, 0.6) is 0 Å². The Morgan fingerprint density at radius 3 is 2.81 bits per heavy atom. The lowest BCUT2D eigenvalue weighted by Gasteiger charge is -2.34. The van der Waals surface area contributed by atoms with E-state index in [0.29, 0.717) is 10.8 Å². The number of hydrogen-bond acceptors (Lipinski definition) is 8. The summed E-state index contributed by atoms with van der Waals surface area (Å²) in [6.07, 6.45) is -2.48. The lowest BCUT2D eigenvalue weighted by molar-refractivity contribution is -0.152. The number of halogens is 1. The van der Waals surface area contributed by atoms with Crippen LogP contribution in [0.25, 0.3) is 0 Å². The van der Waals surface area contributed by atoms with Crippen molar-refractivity contribution < 1.29 is 24.4 Å². The SMILES string of the molecule is C[C@@]1(O)[C@H](O)[C@@H](CO)O[C@@]1(C#N)n1cc(F)c(N)nc1=O. The van der Waals surface area contributed by atoms with Gasteiger partial charge in [0.05, 0.1) is 12.8 Å². The molecule has 0 spiro atoms. The maximum absolute atomic E-state index is 13.5. The van der Waals surface area contributed by atoms with Gasteiger partial charge in [-0.3, -0.25) is 4.57 Å². The lowest BCUT2D eigenvalue weighted by Crippen LogP contribution is -2.58. The molecule has 2 heterocycles. The Kier molecular flexibility index (Phi) is 3.46. The highest BCUT2D eigenvalue weighted by atomic mass is 19.1. The van der Waals surface area contributed by atoms with Crippen LogP contribution in [-0.4, -0.2) is 49.3 Å². The summed E-state index contributed by atoms with van der Waals surface area (Å²) < 4.78 is 19.1. The second kappa shape index (κ2) is 4.74. The number of hydrogen-bond donors (Lipinski definition) is 4. The van der Waals surface area contributed by atoms with Gasteiger partial charge in [0.2, 0.25) is 0 Å². The molecule has 1 aliphatic rings. The summed E-state index contributed by atoms with van der Waals surface area (Å²) in [5.74, 6) is -1.79. The van der Waals surface area contributed by atoms with Crippen molar-refractivity contribution in [3.05, 3.63) is 22.5 Å². The van der Waals surface area contributed by atoms with E-state index in [9.17, 15) is 24.7 Å². The van der Waals surface area contributed by atoms with E-state index in [-0.39, 0.29) is 0 Å². The minimum Gasteiger partial charge on any atom is -0.394 e. The topological polar surface area (TPSA) is 155 Å². The third-order valence-electron chi connectivity index (χ3n) is 3.52. The molecule has 21 heavy (non-hydrogen) atoms. The number of aliphatic hydroxyl groups is 3. The molecular weight excluding hydrogens is 287 g/mol. The first-order chi connectivity index (χ1) is 9.71. The lowest BCUT2D eigenvalue weighted by atomic mass is 9.88. The fraction of sp³-hybridized carbons (Fsp3) is 0.545. The van der Waals surface area contributed by atoms with Crippen LogP contribution in [0, 0.1) is 17.1 Å². The molecule has 1 aliphatic heterocycles. The number of aromatic nitrogens is 2. The molecule has 1 aromatic heterocycles. The Hall–Kier alpha value is -2.06. The first kappa shape index (κ1) is 15.3. The largest absolute Gasteiger partial charge is 0.394 e. The highest BCUT2D eigenvalue weighted by molar-refractivity contribution is 5.28.